The molecule has 1 amide bonds. The normalized spacial score (nSPS) is 15.3. The Balaban J connectivity index is 3.60. The molecule has 0 bridgehead atoms. The van der Waals surface area contributed by atoms with Gasteiger partial charge in [-0.15, -0.1) is 0 Å². The highest BCUT2D eigenvalue weighted by Gasteiger charge is 2.95. The third-order valence-electron chi connectivity index (χ3n) is 4.01. The van der Waals surface area contributed by atoms with Gasteiger partial charge in [0.25, 0.3) is 0 Å². The Hall–Kier alpha value is -1.92. The number of amides is 1. The zero-order valence-electron chi connectivity index (χ0n) is 15.4. The third kappa shape index (κ3) is 4.31. The summed E-state index contributed by atoms with van der Waals surface area (Å²) in [6.45, 7) is 0. The largest absolute Gasteiger partial charge is 0.393 e. The number of hydrogen-bond donors (Lipinski definition) is 1. The van der Waals surface area contributed by atoms with Crippen molar-refractivity contribution in [2.45, 2.75) is 46.8 Å². The Morgan fingerprint density at radius 2 is 1.06 bits per heavy atom. The van der Waals surface area contributed by atoms with Gasteiger partial charge in [-0.2, -0.15) is 70.2 Å². The quantitative estimate of drug-likeness (QED) is 0.192. The standard InChI is InChI=1S/C14H4Cl2F16N2O/c15-5-4(2-1-3-33-5)34-6(35)7(17,18)8(19,20)9(21,22)10(23,24)11(25,26)12(27,28)13(29,30)14(16,31)32/h1-3H,(H,34,35). The highest BCUT2D eigenvalue weighted by molar-refractivity contribution is 6.32. The molecule has 1 N–H and O–H groups in total. The van der Waals surface area contributed by atoms with Gasteiger partial charge < -0.3 is 5.32 Å². The molecule has 0 aliphatic rings. The minimum Gasteiger partial charge on any atom is -0.318 e. The topological polar surface area (TPSA) is 42.0 Å². The maximum absolute atomic E-state index is 13.8. The molecule has 0 fully saturated rings. The van der Waals surface area contributed by atoms with Gasteiger partial charge in [0.2, 0.25) is 0 Å². The summed E-state index contributed by atoms with van der Waals surface area (Å²) in [6.07, 6.45) is 0.793. The molecule has 1 heterocycles. The van der Waals surface area contributed by atoms with Crippen molar-refractivity contribution in [3.05, 3.63) is 23.5 Å². The first kappa shape index (κ1) is 31.1. The number of carbonyl (C=O) groups is 1. The van der Waals surface area contributed by atoms with Crippen molar-refractivity contribution in [3.63, 3.8) is 0 Å². The Kier molecular flexibility index (Phi) is 7.63. The van der Waals surface area contributed by atoms with E-state index in [1.165, 1.54) is 0 Å². The van der Waals surface area contributed by atoms with Gasteiger partial charge >= 0.3 is 52.7 Å². The molecule has 1 rings (SSSR count). The van der Waals surface area contributed by atoms with Crippen LogP contribution in [0.2, 0.25) is 5.15 Å². The molecule has 202 valence electrons. The Morgan fingerprint density at radius 3 is 1.43 bits per heavy atom. The van der Waals surface area contributed by atoms with E-state index in [9.17, 15) is 75.0 Å². The molecule has 3 nitrogen and oxygen atoms in total. The fraction of sp³-hybridized carbons (Fsp3) is 0.571. The van der Waals surface area contributed by atoms with Crippen molar-refractivity contribution in [2.75, 3.05) is 5.32 Å². The summed E-state index contributed by atoms with van der Waals surface area (Å²) in [5.74, 6) is -60.9. The van der Waals surface area contributed by atoms with Crippen LogP contribution in [0.1, 0.15) is 0 Å². The maximum Gasteiger partial charge on any atom is 0.393 e. The molecule has 0 radical (unpaired) electrons. The molecular formula is C14H4Cl2F16N2O. The van der Waals surface area contributed by atoms with Gasteiger partial charge in [-0.25, -0.2) is 4.98 Å². The lowest BCUT2D eigenvalue weighted by molar-refractivity contribution is -0.445. The fourth-order valence-corrected chi connectivity index (χ4v) is 2.27. The van der Waals surface area contributed by atoms with E-state index in [1.807, 2.05) is 0 Å². The van der Waals surface area contributed by atoms with Crippen LogP contribution in [0.5, 0.6) is 0 Å². The van der Waals surface area contributed by atoms with E-state index >= 15 is 0 Å². The number of carbonyl (C=O) groups excluding carboxylic acids is 1. The number of aromatic nitrogens is 1. The maximum atomic E-state index is 13.8. The van der Waals surface area contributed by atoms with Crippen molar-refractivity contribution in [1.29, 1.82) is 0 Å². The summed E-state index contributed by atoms with van der Waals surface area (Å²) in [5, 5.41) is -7.19. The van der Waals surface area contributed by atoms with Crippen molar-refractivity contribution in [3.8, 4) is 0 Å². The number of hydrogen-bond acceptors (Lipinski definition) is 2. The molecule has 0 saturated carbocycles. The first-order valence-corrected chi connectivity index (χ1v) is 8.55. The number of halogens is 18. The first-order valence-electron chi connectivity index (χ1n) is 7.79. The van der Waals surface area contributed by atoms with Crippen LogP contribution in [0, 0.1) is 0 Å². The molecule has 0 atom stereocenters. The summed E-state index contributed by atoms with van der Waals surface area (Å²) in [5.41, 5.74) is -1.16. The van der Waals surface area contributed by atoms with Crippen LogP contribution in [0.15, 0.2) is 18.3 Å². The molecule has 0 spiro atoms. The monoisotopic (exact) mass is 590 g/mol. The van der Waals surface area contributed by atoms with E-state index in [2.05, 4.69) is 16.6 Å². The average Bonchev–Trinajstić information content (AvgIpc) is 2.67. The predicted molar refractivity (Wildman–Crippen MR) is 83.3 cm³/mol. The van der Waals surface area contributed by atoms with Gasteiger partial charge in [0.1, 0.15) is 0 Å². The second-order valence-corrected chi connectivity index (χ2v) is 7.15. The third-order valence-corrected chi connectivity index (χ3v) is 4.55. The van der Waals surface area contributed by atoms with Crippen LogP contribution in [0.3, 0.4) is 0 Å². The Bertz CT molecular complexity index is 962. The van der Waals surface area contributed by atoms with E-state index in [-0.39, 0.29) is 0 Å². The van der Waals surface area contributed by atoms with Crippen LogP contribution in [0.25, 0.3) is 0 Å². The van der Waals surface area contributed by atoms with Crippen LogP contribution in [0.4, 0.5) is 75.9 Å². The summed E-state index contributed by atoms with van der Waals surface area (Å²) in [7, 11) is 0. The molecule has 1 aromatic heterocycles. The van der Waals surface area contributed by atoms with Crippen molar-refractivity contribution in [1.82, 2.24) is 4.98 Å². The molecule has 1 aromatic rings. The lowest BCUT2D eigenvalue weighted by Gasteiger charge is -2.42. The number of rotatable bonds is 9. The highest BCUT2D eigenvalue weighted by Crippen LogP contribution is 2.64. The molecule has 0 aromatic carbocycles. The van der Waals surface area contributed by atoms with E-state index in [0.717, 1.165) is 12.3 Å². The van der Waals surface area contributed by atoms with Crippen LogP contribution >= 0.6 is 23.2 Å². The molecular weight excluding hydrogens is 587 g/mol. The number of nitrogens with one attached hydrogen (secondary N) is 1. The number of alkyl halides is 17. The van der Waals surface area contributed by atoms with Gasteiger partial charge in [-0.05, 0) is 23.7 Å². The highest BCUT2D eigenvalue weighted by atomic mass is 35.5. The van der Waals surface area contributed by atoms with Gasteiger partial charge in [0.15, 0.2) is 5.15 Å². The van der Waals surface area contributed by atoms with E-state index < -0.39 is 63.6 Å². The number of nitrogens with zero attached hydrogens (tertiary/aromatic N) is 1. The van der Waals surface area contributed by atoms with E-state index in [1.54, 1.807) is 0 Å². The first-order chi connectivity index (χ1) is 15.2. The second-order valence-electron chi connectivity index (χ2n) is 6.31. The molecule has 0 aliphatic heterocycles. The van der Waals surface area contributed by atoms with Crippen LogP contribution in [-0.4, -0.2) is 57.7 Å². The lowest BCUT2D eigenvalue weighted by atomic mass is 9.89. The molecule has 0 saturated heterocycles. The zero-order chi connectivity index (χ0) is 28.3. The minimum absolute atomic E-state index is 0.497. The van der Waals surface area contributed by atoms with Crippen LogP contribution in [-0.2, 0) is 4.79 Å². The second kappa shape index (κ2) is 8.58. The summed E-state index contributed by atoms with van der Waals surface area (Å²) >= 11 is 8.64. The molecule has 0 unspecified atom stereocenters. The predicted octanol–water partition coefficient (Wildman–Crippen LogP) is 6.95. The van der Waals surface area contributed by atoms with Crippen molar-refractivity contribution >= 4 is 34.8 Å². The van der Waals surface area contributed by atoms with Gasteiger partial charge in [-0.1, -0.05) is 11.6 Å². The van der Waals surface area contributed by atoms with Gasteiger partial charge in [0.05, 0.1) is 5.69 Å². The van der Waals surface area contributed by atoms with Gasteiger partial charge in [0, 0.05) is 6.20 Å². The molecule has 0 aliphatic carbocycles. The summed E-state index contributed by atoms with van der Waals surface area (Å²) in [6, 6.07) is 1.26. The van der Waals surface area contributed by atoms with Crippen LogP contribution < -0.4 is 5.32 Å². The summed E-state index contributed by atoms with van der Waals surface area (Å²) < 4.78 is 214. The number of anilines is 1. The smallest absolute Gasteiger partial charge is 0.318 e. The van der Waals surface area contributed by atoms with Crippen molar-refractivity contribution in [2.24, 2.45) is 0 Å². The lowest BCUT2D eigenvalue weighted by Crippen LogP contribution is -2.75. The minimum atomic E-state index is -8.66. The fourth-order valence-electron chi connectivity index (χ4n) is 1.99. The summed E-state index contributed by atoms with van der Waals surface area (Å²) in [4.78, 5) is 14.5. The van der Waals surface area contributed by atoms with Gasteiger partial charge in [-0.3, -0.25) is 4.79 Å². The average molecular weight is 591 g/mol. The SMILES string of the molecule is O=C(Nc1cccnc1Cl)C(F)(F)C(F)(F)C(F)(F)C(F)(F)C(F)(F)C(F)(F)C(F)(F)C(F)(F)Cl. The van der Waals surface area contributed by atoms with E-state index in [0.29, 0.717) is 11.4 Å². The Labute approximate surface area is 191 Å². The van der Waals surface area contributed by atoms with E-state index in [4.69, 9.17) is 11.6 Å². The number of pyridine rings is 1. The van der Waals surface area contributed by atoms with Crippen molar-refractivity contribution < 1.29 is 75.0 Å². The zero-order valence-corrected chi connectivity index (χ0v) is 16.9. The Morgan fingerprint density at radius 1 is 0.686 bits per heavy atom. The molecule has 35 heavy (non-hydrogen) atoms. The molecule has 21 heteroatoms.